The van der Waals surface area contributed by atoms with Crippen LogP contribution in [0, 0.1) is 12.7 Å². The number of aliphatic hydroxyl groups is 1. The summed E-state index contributed by atoms with van der Waals surface area (Å²) in [6.45, 7) is 3.33. The van der Waals surface area contributed by atoms with Crippen molar-refractivity contribution in [2.24, 2.45) is 0 Å². The first-order chi connectivity index (χ1) is 9.38. The standard InChI is InChI=1S/C13H16FN3OS2/c1-7-5-11(9(8(2)18)6-10(7)14)19-13-16-15-12(20-13)17(3)4/h5-6,8,18H,1-4H3. The fourth-order valence-corrected chi connectivity index (χ4v) is 3.62. The number of aryl methyl sites for hydroxylation is 1. The number of anilines is 1. The van der Waals surface area contributed by atoms with Gasteiger partial charge in [-0.1, -0.05) is 23.1 Å². The number of hydrogen-bond donors (Lipinski definition) is 1. The van der Waals surface area contributed by atoms with Crippen LogP contribution in [0.1, 0.15) is 24.2 Å². The molecule has 2 aromatic rings. The lowest BCUT2D eigenvalue weighted by molar-refractivity contribution is 0.196. The van der Waals surface area contributed by atoms with Gasteiger partial charge in [0.15, 0.2) is 4.34 Å². The molecule has 0 fully saturated rings. The van der Waals surface area contributed by atoms with Gasteiger partial charge in [-0.05, 0) is 37.1 Å². The highest BCUT2D eigenvalue weighted by Gasteiger charge is 2.15. The van der Waals surface area contributed by atoms with Crippen molar-refractivity contribution < 1.29 is 9.50 Å². The molecule has 108 valence electrons. The van der Waals surface area contributed by atoms with Crippen LogP contribution in [0.5, 0.6) is 0 Å². The van der Waals surface area contributed by atoms with E-state index in [1.165, 1.54) is 29.2 Å². The van der Waals surface area contributed by atoms with Gasteiger partial charge in [-0.2, -0.15) is 0 Å². The Hall–Kier alpha value is -1.18. The smallest absolute Gasteiger partial charge is 0.208 e. The molecule has 1 heterocycles. The first-order valence-electron chi connectivity index (χ1n) is 6.05. The van der Waals surface area contributed by atoms with Gasteiger partial charge in [-0.25, -0.2) is 4.39 Å². The van der Waals surface area contributed by atoms with Crippen LogP contribution in [0.4, 0.5) is 9.52 Å². The molecule has 2 rings (SSSR count). The lowest BCUT2D eigenvalue weighted by Gasteiger charge is -2.12. The molecule has 0 spiro atoms. The van der Waals surface area contributed by atoms with Crippen LogP contribution in [-0.2, 0) is 0 Å². The van der Waals surface area contributed by atoms with E-state index in [1.54, 1.807) is 19.9 Å². The van der Waals surface area contributed by atoms with Gasteiger partial charge in [0.1, 0.15) is 5.82 Å². The monoisotopic (exact) mass is 313 g/mol. The highest BCUT2D eigenvalue weighted by Crippen LogP contribution is 2.37. The summed E-state index contributed by atoms with van der Waals surface area (Å²) in [6.07, 6.45) is -0.728. The summed E-state index contributed by atoms with van der Waals surface area (Å²) in [4.78, 5) is 2.69. The van der Waals surface area contributed by atoms with Gasteiger partial charge in [0.25, 0.3) is 0 Å². The van der Waals surface area contributed by atoms with Gasteiger partial charge < -0.3 is 10.0 Å². The molecule has 0 bridgehead atoms. The Kier molecular flexibility index (Phi) is 4.62. The second kappa shape index (κ2) is 6.07. The fourth-order valence-electron chi connectivity index (χ4n) is 1.60. The molecule has 20 heavy (non-hydrogen) atoms. The van der Waals surface area contributed by atoms with E-state index in [9.17, 15) is 9.50 Å². The number of rotatable bonds is 4. The SMILES string of the molecule is Cc1cc(Sc2nnc(N(C)C)s2)c(C(C)O)cc1F. The molecule has 4 nitrogen and oxygen atoms in total. The zero-order chi connectivity index (χ0) is 14.9. The van der Waals surface area contributed by atoms with Gasteiger partial charge in [0, 0.05) is 19.0 Å². The summed E-state index contributed by atoms with van der Waals surface area (Å²) in [7, 11) is 3.80. The van der Waals surface area contributed by atoms with Crippen molar-refractivity contribution in [2.75, 3.05) is 19.0 Å². The van der Waals surface area contributed by atoms with E-state index in [1.807, 2.05) is 19.0 Å². The molecule has 1 aromatic heterocycles. The van der Waals surface area contributed by atoms with Crippen molar-refractivity contribution in [1.82, 2.24) is 10.2 Å². The molecule has 0 saturated carbocycles. The average Bonchev–Trinajstić information content (AvgIpc) is 2.82. The van der Waals surface area contributed by atoms with Crippen LogP contribution in [0.15, 0.2) is 21.4 Å². The second-order valence-electron chi connectivity index (χ2n) is 4.66. The molecule has 0 aliphatic heterocycles. The minimum atomic E-state index is -0.728. The minimum Gasteiger partial charge on any atom is -0.389 e. The number of hydrogen-bond acceptors (Lipinski definition) is 6. The summed E-state index contributed by atoms with van der Waals surface area (Å²) in [5, 5.41) is 18.7. The predicted octanol–water partition coefficient (Wildman–Crippen LogP) is 3.26. The molecule has 1 atom stereocenters. The molecule has 0 saturated heterocycles. The first kappa shape index (κ1) is 15.2. The van der Waals surface area contributed by atoms with E-state index >= 15 is 0 Å². The van der Waals surface area contributed by atoms with Crippen molar-refractivity contribution in [2.45, 2.75) is 29.2 Å². The Morgan fingerprint density at radius 1 is 1.35 bits per heavy atom. The maximum absolute atomic E-state index is 13.6. The topological polar surface area (TPSA) is 49.2 Å². The molecule has 1 N–H and O–H groups in total. The summed E-state index contributed by atoms with van der Waals surface area (Å²) in [5.41, 5.74) is 1.12. The summed E-state index contributed by atoms with van der Waals surface area (Å²) >= 11 is 2.85. The second-order valence-corrected chi connectivity index (χ2v) is 6.91. The number of benzene rings is 1. The van der Waals surface area contributed by atoms with E-state index in [2.05, 4.69) is 10.2 Å². The molecular weight excluding hydrogens is 297 g/mol. The van der Waals surface area contributed by atoms with E-state index in [4.69, 9.17) is 0 Å². The third kappa shape index (κ3) is 3.28. The van der Waals surface area contributed by atoms with Crippen LogP contribution in [0.3, 0.4) is 0 Å². The number of aliphatic hydroxyl groups excluding tert-OH is 1. The van der Waals surface area contributed by atoms with Crippen molar-refractivity contribution in [1.29, 1.82) is 0 Å². The summed E-state index contributed by atoms with van der Waals surface area (Å²) < 4.78 is 14.4. The van der Waals surface area contributed by atoms with Gasteiger partial charge in [0.2, 0.25) is 5.13 Å². The molecule has 0 aliphatic carbocycles. The Bertz CT molecular complexity index is 614. The Morgan fingerprint density at radius 3 is 2.60 bits per heavy atom. The zero-order valence-corrected chi connectivity index (χ0v) is 13.3. The summed E-state index contributed by atoms with van der Waals surface area (Å²) in [5.74, 6) is -0.309. The third-order valence-corrected chi connectivity index (χ3v) is 4.93. The van der Waals surface area contributed by atoms with Crippen molar-refractivity contribution in [3.8, 4) is 0 Å². The zero-order valence-electron chi connectivity index (χ0n) is 11.7. The van der Waals surface area contributed by atoms with Gasteiger partial charge >= 0.3 is 0 Å². The quantitative estimate of drug-likeness (QED) is 0.939. The predicted molar refractivity (Wildman–Crippen MR) is 80.1 cm³/mol. The number of halogens is 1. The third-order valence-electron chi connectivity index (χ3n) is 2.72. The molecule has 0 amide bonds. The average molecular weight is 313 g/mol. The molecule has 0 radical (unpaired) electrons. The number of nitrogens with zero attached hydrogens (tertiary/aromatic N) is 3. The highest BCUT2D eigenvalue weighted by molar-refractivity contribution is 8.01. The van der Waals surface area contributed by atoms with Gasteiger partial charge in [0.05, 0.1) is 6.10 Å². The van der Waals surface area contributed by atoms with Gasteiger partial charge in [-0.15, -0.1) is 10.2 Å². The summed E-state index contributed by atoms with van der Waals surface area (Å²) in [6, 6.07) is 3.12. The van der Waals surface area contributed by atoms with Crippen molar-refractivity contribution >= 4 is 28.2 Å². The van der Waals surface area contributed by atoms with E-state index in [0.29, 0.717) is 11.1 Å². The normalized spacial score (nSPS) is 12.5. The van der Waals surface area contributed by atoms with Crippen LogP contribution >= 0.6 is 23.1 Å². The van der Waals surface area contributed by atoms with Crippen LogP contribution < -0.4 is 4.90 Å². The van der Waals surface area contributed by atoms with Crippen LogP contribution in [0.2, 0.25) is 0 Å². The highest BCUT2D eigenvalue weighted by atomic mass is 32.2. The van der Waals surface area contributed by atoms with Crippen LogP contribution in [0.25, 0.3) is 0 Å². The lowest BCUT2D eigenvalue weighted by atomic mass is 10.1. The maximum Gasteiger partial charge on any atom is 0.208 e. The Balaban J connectivity index is 2.34. The Labute approximate surface area is 125 Å². The molecule has 7 heteroatoms. The van der Waals surface area contributed by atoms with Crippen molar-refractivity contribution in [3.05, 3.63) is 29.1 Å². The first-order valence-corrected chi connectivity index (χ1v) is 7.68. The number of aromatic nitrogens is 2. The Morgan fingerprint density at radius 2 is 2.05 bits per heavy atom. The van der Waals surface area contributed by atoms with Crippen molar-refractivity contribution in [3.63, 3.8) is 0 Å². The molecular formula is C13H16FN3OS2. The van der Waals surface area contributed by atoms with E-state index < -0.39 is 6.10 Å². The molecule has 1 aromatic carbocycles. The fraction of sp³-hybridized carbons (Fsp3) is 0.385. The molecule has 1 unspecified atom stereocenters. The minimum absolute atomic E-state index is 0.309. The van der Waals surface area contributed by atoms with Crippen LogP contribution in [-0.4, -0.2) is 29.4 Å². The van der Waals surface area contributed by atoms with Gasteiger partial charge in [-0.3, -0.25) is 0 Å². The largest absolute Gasteiger partial charge is 0.389 e. The maximum atomic E-state index is 13.6. The van der Waals surface area contributed by atoms with E-state index in [0.717, 1.165) is 14.4 Å². The lowest BCUT2D eigenvalue weighted by Crippen LogP contribution is -2.07. The van der Waals surface area contributed by atoms with E-state index in [-0.39, 0.29) is 5.82 Å². The molecule has 0 aliphatic rings.